The molecule has 3 heteroatoms. The molecule has 0 bridgehead atoms. The molecular formula is C12H18O3. The van der Waals surface area contributed by atoms with Gasteiger partial charge in [-0.05, 0) is 18.9 Å². The number of rotatable bonds is 6. The highest BCUT2D eigenvalue weighted by molar-refractivity contribution is 5.09. The molecule has 0 aliphatic carbocycles. The molecule has 1 aliphatic heterocycles. The maximum Gasteiger partial charge on any atom is 0.174 e. The lowest BCUT2D eigenvalue weighted by atomic mass is 10.2. The van der Waals surface area contributed by atoms with Crippen molar-refractivity contribution < 1.29 is 14.6 Å². The topological polar surface area (TPSA) is 38.7 Å². The number of allylic oxidation sites excluding steroid dienone is 4. The Kier molecular flexibility index (Phi) is 6.00. The molecule has 0 saturated carbocycles. The van der Waals surface area contributed by atoms with Gasteiger partial charge in [0.1, 0.15) is 0 Å². The molecule has 0 aromatic heterocycles. The van der Waals surface area contributed by atoms with E-state index in [0.29, 0.717) is 6.61 Å². The van der Waals surface area contributed by atoms with Crippen LogP contribution in [-0.4, -0.2) is 30.7 Å². The molecular weight excluding hydrogens is 192 g/mol. The molecule has 1 N–H and O–H groups in total. The fraction of sp³-hybridized carbons (Fsp3) is 0.500. The molecule has 0 aromatic carbocycles. The van der Waals surface area contributed by atoms with E-state index in [9.17, 15) is 5.11 Å². The van der Waals surface area contributed by atoms with E-state index in [2.05, 4.69) is 6.58 Å². The fourth-order valence-electron chi connectivity index (χ4n) is 1.34. The van der Waals surface area contributed by atoms with Crippen LogP contribution in [0.4, 0.5) is 0 Å². The fourth-order valence-corrected chi connectivity index (χ4v) is 1.34. The summed E-state index contributed by atoms with van der Waals surface area (Å²) in [6.07, 6.45) is 9.94. The number of hydrogen-bond donors (Lipinski definition) is 1. The summed E-state index contributed by atoms with van der Waals surface area (Å²) in [5.41, 5.74) is 0. The first-order valence-electron chi connectivity index (χ1n) is 5.20. The summed E-state index contributed by atoms with van der Waals surface area (Å²) in [6, 6.07) is 0. The highest BCUT2D eigenvalue weighted by Crippen LogP contribution is 2.12. The van der Waals surface area contributed by atoms with Crippen LogP contribution in [0, 0.1) is 0 Å². The molecule has 0 spiro atoms. The summed E-state index contributed by atoms with van der Waals surface area (Å²) in [5, 5.41) is 9.38. The molecule has 1 fully saturated rings. The molecule has 84 valence electrons. The molecule has 0 amide bonds. The van der Waals surface area contributed by atoms with Crippen molar-refractivity contribution in [1.82, 2.24) is 0 Å². The quantitative estimate of drug-likeness (QED) is 0.536. The van der Waals surface area contributed by atoms with E-state index < -0.39 is 6.29 Å². The number of aliphatic hydroxyl groups is 1. The van der Waals surface area contributed by atoms with Crippen molar-refractivity contribution in [2.75, 3.05) is 13.2 Å². The zero-order chi connectivity index (χ0) is 10.9. The molecule has 1 saturated heterocycles. The smallest absolute Gasteiger partial charge is 0.174 e. The molecule has 0 aromatic rings. The summed E-state index contributed by atoms with van der Waals surface area (Å²) in [5.74, 6) is 0. The van der Waals surface area contributed by atoms with Gasteiger partial charge in [-0.2, -0.15) is 0 Å². The van der Waals surface area contributed by atoms with Crippen molar-refractivity contribution in [3.8, 4) is 0 Å². The van der Waals surface area contributed by atoms with Crippen molar-refractivity contribution in [3.63, 3.8) is 0 Å². The van der Waals surface area contributed by atoms with Crippen LogP contribution in [0.25, 0.3) is 0 Å². The van der Waals surface area contributed by atoms with Gasteiger partial charge in [0.2, 0.25) is 0 Å². The van der Waals surface area contributed by atoms with Crippen molar-refractivity contribution in [3.05, 3.63) is 37.0 Å². The van der Waals surface area contributed by atoms with E-state index >= 15 is 0 Å². The Morgan fingerprint density at radius 1 is 1.47 bits per heavy atom. The molecule has 3 nitrogen and oxygen atoms in total. The lowest BCUT2D eigenvalue weighted by Crippen LogP contribution is -2.19. The minimum Gasteiger partial charge on any atom is -0.376 e. The predicted octanol–water partition coefficient (Wildman–Crippen LogP) is 1.80. The highest BCUT2D eigenvalue weighted by atomic mass is 16.6. The van der Waals surface area contributed by atoms with E-state index in [0.717, 1.165) is 19.4 Å². The Balaban J connectivity index is 2.11. The summed E-state index contributed by atoms with van der Waals surface area (Å²) in [4.78, 5) is 0. The Morgan fingerprint density at radius 2 is 2.33 bits per heavy atom. The molecule has 2 unspecified atom stereocenters. The second-order valence-corrected chi connectivity index (χ2v) is 3.36. The van der Waals surface area contributed by atoms with Crippen LogP contribution in [0.3, 0.4) is 0 Å². The van der Waals surface area contributed by atoms with Gasteiger partial charge in [0.05, 0.1) is 12.7 Å². The van der Waals surface area contributed by atoms with Crippen LogP contribution >= 0.6 is 0 Å². The molecule has 1 rings (SSSR count). The van der Waals surface area contributed by atoms with E-state index in [4.69, 9.17) is 9.47 Å². The molecule has 2 atom stereocenters. The molecule has 15 heavy (non-hydrogen) atoms. The van der Waals surface area contributed by atoms with Gasteiger partial charge in [0.25, 0.3) is 0 Å². The zero-order valence-corrected chi connectivity index (χ0v) is 8.84. The second kappa shape index (κ2) is 7.40. The first kappa shape index (κ1) is 12.2. The SMILES string of the molecule is C=C/C=C\C=C\C(O)OCC1CCCO1. The lowest BCUT2D eigenvalue weighted by Gasteiger charge is -2.12. The Labute approximate surface area is 90.7 Å². The third kappa shape index (κ3) is 5.52. The number of hydrogen-bond acceptors (Lipinski definition) is 3. The zero-order valence-electron chi connectivity index (χ0n) is 8.84. The molecule has 1 aliphatic rings. The van der Waals surface area contributed by atoms with Crippen molar-refractivity contribution in [2.45, 2.75) is 25.2 Å². The van der Waals surface area contributed by atoms with Crippen LogP contribution < -0.4 is 0 Å². The standard InChI is InChI=1S/C12H18O3/c1-2-3-4-5-8-12(13)15-10-11-7-6-9-14-11/h2-5,8,11-13H,1,6-7,9-10H2/b4-3-,8-5+. The van der Waals surface area contributed by atoms with Crippen molar-refractivity contribution in [2.24, 2.45) is 0 Å². The summed E-state index contributed by atoms with van der Waals surface area (Å²) >= 11 is 0. The summed E-state index contributed by atoms with van der Waals surface area (Å²) in [6.45, 7) is 4.80. The average molecular weight is 210 g/mol. The van der Waals surface area contributed by atoms with E-state index in [1.54, 1.807) is 30.4 Å². The normalized spacial score (nSPS) is 23.9. The molecule has 1 heterocycles. The lowest BCUT2D eigenvalue weighted by molar-refractivity contribution is -0.0946. The van der Waals surface area contributed by atoms with Crippen molar-refractivity contribution in [1.29, 1.82) is 0 Å². The first-order chi connectivity index (χ1) is 7.33. The largest absolute Gasteiger partial charge is 0.376 e. The van der Waals surface area contributed by atoms with Crippen LogP contribution in [0.1, 0.15) is 12.8 Å². The third-order valence-corrected chi connectivity index (χ3v) is 2.11. The molecule has 0 radical (unpaired) electrons. The average Bonchev–Trinajstić information content (AvgIpc) is 2.74. The van der Waals surface area contributed by atoms with Crippen LogP contribution in [0.15, 0.2) is 37.0 Å². The Hall–Kier alpha value is -0.900. The van der Waals surface area contributed by atoms with Crippen molar-refractivity contribution >= 4 is 0 Å². The number of ether oxygens (including phenoxy) is 2. The van der Waals surface area contributed by atoms with Crippen LogP contribution in [0.2, 0.25) is 0 Å². The summed E-state index contributed by atoms with van der Waals surface area (Å²) in [7, 11) is 0. The van der Waals surface area contributed by atoms with Gasteiger partial charge in [0, 0.05) is 6.61 Å². The Bertz CT molecular complexity index is 227. The monoisotopic (exact) mass is 210 g/mol. The van der Waals surface area contributed by atoms with Gasteiger partial charge < -0.3 is 14.6 Å². The van der Waals surface area contributed by atoms with E-state index in [1.807, 2.05) is 0 Å². The second-order valence-electron chi connectivity index (χ2n) is 3.36. The maximum absolute atomic E-state index is 9.38. The van der Waals surface area contributed by atoms with Gasteiger partial charge in [-0.15, -0.1) is 0 Å². The van der Waals surface area contributed by atoms with Crippen LogP contribution in [-0.2, 0) is 9.47 Å². The minimum absolute atomic E-state index is 0.150. The van der Waals surface area contributed by atoms with Crippen LogP contribution in [0.5, 0.6) is 0 Å². The predicted molar refractivity (Wildman–Crippen MR) is 59.4 cm³/mol. The van der Waals surface area contributed by atoms with Gasteiger partial charge in [-0.3, -0.25) is 0 Å². The summed E-state index contributed by atoms with van der Waals surface area (Å²) < 4.78 is 10.5. The van der Waals surface area contributed by atoms with Gasteiger partial charge in [-0.25, -0.2) is 0 Å². The minimum atomic E-state index is -0.858. The maximum atomic E-state index is 9.38. The van der Waals surface area contributed by atoms with Gasteiger partial charge in [0.15, 0.2) is 6.29 Å². The highest BCUT2D eigenvalue weighted by Gasteiger charge is 2.16. The Morgan fingerprint density at radius 3 is 3.00 bits per heavy atom. The van der Waals surface area contributed by atoms with E-state index in [-0.39, 0.29) is 6.10 Å². The third-order valence-electron chi connectivity index (χ3n) is 2.11. The van der Waals surface area contributed by atoms with Gasteiger partial charge in [-0.1, -0.05) is 30.9 Å². The first-order valence-corrected chi connectivity index (χ1v) is 5.20. The van der Waals surface area contributed by atoms with Gasteiger partial charge >= 0.3 is 0 Å². The van der Waals surface area contributed by atoms with E-state index in [1.165, 1.54) is 0 Å². The number of aliphatic hydroxyl groups excluding tert-OH is 1.